The number of aryl methyl sites for hydroxylation is 1. The summed E-state index contributed by atoms with van der Waals surface area (Å²) >= 11 is 0. The highest BCUT2D eigenvalue weighted by molar-refractivity contribution is 6.29. The van der Waals surface area contributed by atoms with Gasteiger partial charge < -0.3 is 14.8 Å². The Morgan fingerprint density at radius 3 is 2.25 bits per heavy atom. The largest absolute Gasteiger partial charge is 0.497 e. The molecule has 1 amide bonds. The molecule has 0 saturated heterocycles. The second-order valence-electron chi connectivity index (χ2n) is 6.36. The lowest BCUT2D eigenvalue weighted by atomic mass is 10.0. The lowest BCUT2D eigenvalue weighted by Gasteiger charge is -2.13. The van der Waals surface area contributed by atoms with Crippen LogP contribution in [0, 0.1) is 6.92 Å². The number of ether oxygens (including phenoxy) is 2. The van der Waals surface area contributed by atoms with E-state index in [1.807, 2.05) is 85.8 Å². The van der Waals surface area contributed by atoms with Crippen LogP contribution >= 0.6 is 0 Å². The second-order valence-corrected chi connectivity index (χ2v) is 6.36. The predicted octanol–water partition coefficient (Wildman–Crippen LogP) is 5.19. The number of amides is 1. The smallest absolute Gasteiger partial charge is 0.256 e. The van der Waals surface area contributed by atoms with Gasteiger partial charge >= 0.3 is 0 Å². The Balaban J connectivity index is 1.98. The zero-order chi connectivity index (χ0) is 19.9. The normalized spacial score (nSPS) is 11.0. The summed E-state index contributed by atoms with van der Waals surface area (Å²) in [7, 11) is 3.22. The van der Waals surface area contributed by atoms with Crippen LogP contribution in [0.5, 0.6) is 11.5 Å². The fourth-order valence-electron chi connectivity index (χ4n) is 2.87. The lowest BCUT2D eigenvalue weighted by Crippen LogP contribution is -2.14. The summed E-state index contributed by atoms with van der Waals surface area (Å²) in [6.45, 7) is 1.97. The van der Waals surface area contributed by atoms with Gasteiger partial charge in [-0.05, 0) is 54.0 Å². The summed E-state index contributed by atoms with van der Waals surface area (Å²) in [6.07, 6.45) is 1.87. The molecule has 0 unspecified atom stereocenters. The Morgan fingerprint density at radius 2 is 1.61 bits per heavy atom. The summed E-state index contributed by atoms with van der Waals surface area (Å²) in [5, 5.41) is 2.99. The highest BCUT2D eigenvalue weighted by Crippen LogP contribution is 2.28. The van der Waals surface area contributed by atoms with Gasteiger partial charge in [-0.15, -0.1) is 0 Å². The van der Waals surface area contributed by atoms with Crippen LogP contribution in [-0.2, 0) is 4.79 Å². The van der Waals surface area contributed by atoms with E-state index in [1.165, 1.54) is 0 Å². The Morgan fingerprint density at radius 1 is 0.893 bits per heavy atom. The van der Waals surface area contributed by atoms with Crippen LogP contribution in [0.15, 0.2) is 72.8 Å². The fourth-order valence-corrected chi connectivity index (χ4v) is 2.87. The number of carbonyl (C=O) groups is 1. The van der Waals surface area contributed by atoms with Crippen LogP contribution in [0.1, 0.15) is 16.7 Å². The molecule has 4 nitrogen and oxygen atoms in total. The highest BCUT2D eigenvalue weighted by Gasteiger charge is 2.15. The molecule has 28 heavy (non-hydrogen) atoms. The van der Waals surface area contributed by atoms with Gasteiger partial charge in [-0.2, -0.15) is 0 Å². The molecule has 0 aromatic heterocycles. The van der Waals surface area contributed by atoms with Crippen molar-refractivity contribution in [2.75, 3.05) is 19.5 Å². The minimum absolute atomic E-state index is 0.203. The van der Waals surface area contributed by atoms with E-state index >= 15 is 0 Å². The zero-order valence-corrected chi connectivity index (χ0v) is 16.2. The summed E-state index contributed by atoms with van der Waals surface area (Å²) in [5.41, 5.74) is 3.99. The van der Waals surface area contributed by atoms with Crippen LogP contribution in [0.4, 0.5) is 5.69 Å². The molecular weight excluding hydrogens is 350 g/mol. The molecule has 3 rings (SSSR count). The van der Waals surface area contributed by atoms with Crippen LogP contribution in [0.3, 0.4) is 0 Å². The van der Waals surface area contributed by atoms with Crippen molar-refractivity contribution in [3.05, 3.63) is 89.5 Å². The fraction of sp³-hybridized carbons (Fsp3) is 0.125. The van der Waals surface area contributed by atoms with Gasteiger partial charge in [0.1, 0.15) is 11.5 Å². The molecule has 3 aromatic carbocycles. The predicted molar refractivity (Wildman–Crippen MR) is 114 cm³/mol. The summed E-state index contributed by atoms with van der Waals surface area (Å²) in [5.74, 6) is 1.19. The van der Waals surface area contributed by atoms with Crippen molar-refractivity contribution in [2.24, 2.45) is 0 Å². The van der Waals surface area contributed by atoms with E-state index in [0.717, 1.165) is 22.4 Å². The number of hydrogen-bond donors (Lipinski definition) is 1. The molecule has 3 aromatic rings. The first-order valence-electron chi connectivity index (χ1n) is 8.98. The standard InChI is InChI=1S/C24H23NO3/c1-17-9-14-23(28-3)22(15-17)25-24(26)21(19-7-5-4-6-8-19)16-18-10-12-20(27-2)13-11-18/h4-16H,1-3H3,(H,25,26)/b21-16+. The van der Waals surface area contributed by atoms with Gasteiger partial charge in [-0.1, -0.05) is 48.5 Å². The van der Waals surface area contributed by atoms with Crippen molar-refractivity contribution < 1.29 is 14.3 Å². The quantitative estimate of drug-likeness (QED) is 0.478. The number of anilines is 1. The zero-order valence-electron chi connectivity index (χ0n) is 16.2. The van der Waals surface area contributed by atoms with Crippen LogP contribution in [0.2, 0.25) is 0 Å². The third-order valence-corrected chi connectivity index (χ3v) is 4.36. The minimum Gasteiger partial charge on any atom is -0.497 e. The van der Waals surface area contributed by atoms with E-state index in [2.05, 4.69) is 5.32 Å². The molecular formula is C24H23NO3. The van der Waals surface area contributed by atoms with E-state index in [1.54, 1.807) is 14.2 Å². The lowest BCUT2D eigenvalue weighted by molar-refractivity contribution is -0.111. The van der Waals surface area contributed by atoms with Crippen molar-refractivity contribution >= 4 is 23.2 Å². The average molecular weight is 373 g/mol. The number of methoxy groups -OCH3 is 2. The molecule has 0 fully saturated rings. The van der Waals surface area contributed by atoms with Gasteiger partial charge in [0.15, 0.2) is 0 Å². The number of nitrogens with one attached hydrogen (secondary N) is 1. The maximum atomic E-state index is 13.2. The van der Waals surface area contributed by atoms with Gasteiger partial charge in [0.05, 0.1) is 19.9 Å². The highest BCUT2D eigenvalue weighted by atomic mass is 16.5. The Labute approximate surface area is 165 Å². The molecule has 0 bridgehead atoms. The molecule has 0 spiro atoms. The van der Waals surface area contributed by atoms with Gasteiger partial charge in [-0.25, -0.2) is 0 Å². The number of hydrogen-bond acceptors (Lipinski definition) is 3. The van der Waals surface area contributed by atoms with E-state index in [0.29, 0.717) is 17.0 Å². The van der Waals surface area contributed by atoms with Crippen molar-refractivity contribution in [3.63, 3.8) is 0 Å². The molecule has 0 aliphatic heterocycles. The van der Waals surface area contributed by atoms with Crippen molar-refractivity contribution in [2.45, 2.75) is 6.92 Å². The van der Waals surface area contributed by atoms with Crippen LogP contribution in [0.25, 0.3) is 11.6 Å². The van der Waals surface area contributed by atoms with Gasteiger partial charge in [0.2, 0.25) is 0 Å². The van der Waals surface area contributed by atoms with E-state index in [4.69, 9.17) is 9.47 Å². The maximum absolute atomic E-state index is 13.2. The second kappa shape index (κ2) is 8.91. The molecule has 4 heteroatoms. The van der Waals surface area contributed by atoms with E-state index < -0.39 is 0 Å². The minimum atomic E-state index is -0.203. The summed E-state index contributed by atoms with van der Waals surface area (Å²) in [4.78, 5) is 13.2. The van der Waals surface area contributed by atoms with Crippen molar-refractivity contribution in [1.29, 1.82) is 0 Å². The molecule has 1 N–H and O–H groups in total. The van der Waals surface area contributed by atoms with E-state index in [9.17, 15) is 4.79 Å². The molecule has 0 aliphatic carbocycles. The average Bonchev–Trinajstić information content (AvgIpc) is 2.73. The first kappa shape index (κ1) is 19.2. The molecule has 0 heterocycles. The molecule has 0 radical (unpaired) electrons. The molecule has 0 aliphatic rings. The van der Waals surface area contributed by atoms with Crippen molar-refractivity contribution in [3.8, 4) is 11.5 Å². The van der Waals surface area contributed by atoms with Crippen LogP contribution < -0.4 is 14.8 Å². The maximum Gasteiger partial charge on any atom is 0.256 e. The molecule has 0 saturated carbocycles. The third kappa shape index (κ3) is 4.60. The van der Waals surface area contributed by atoms with Gasteiger partial charge in [0.25, 0.3) is 5.91 Å². The Bertz CT molecular complexity index is 976. The van der Waals surface area contributed by atoms with E-state index in [-0.39, 0.29) is 5.91 Å². The van der Waals surface area contributed by atoms with Crippen LogP contribution in [-0.4, -0.2) is 20.1 Å². The number of rotatable bonds is 6. The first-order valence-corrected chi connectivity index (χ1v) is 8.98. The number of benzene rings is 3. The summed E-state index contributed by atoms with van der Waals surface area (Å²) in [6, 6.07) is 22.9. The van der Waals surface area contributed by atoms with Crippen molar-refractivity contribution in [1.82, 2.24) is 0 Å². The Hall–Kier alpha value is -3.53. The first-order chi connectivity index (χ1) is 13.6. The third-order valence-electron chi connectivity index (χ3n) is 4.36. The topological polar surface area (TPSA) is 47.6 Å². The van der Waals surface area contributed by atoms with Gasteiger partial charge in [-0.3, -0.25) is 4.79 Å². The SMILES string of the molecule is COc1ccc(/C=C(/C(=O)Nc2cc(C)ccc2OC)c2ccccc2)cc1. The van der Waals surface area contributed by atoms with Gasteiger partial charge in [0, 0.05) is 5.57 Å². The molecule has 142 valence electrons. The molecule has 0 atom stereocenters. The monoisotopic (exact) mass is 373 g/mol. The number of carbonyl (C=O) groups excluding carboxylic acids is 1. The summed E-state index contributed by atoms with van der Waals surface area (Å²) < 4.78 is 10.6. The Kier molecular flexibility index (Phi) is 6.12.